The molecule has 2 atom stereocenters. The van der Waals surface area contributed by atoms with Crippen LogP contribution in [0.3, 0.4) is 0 Å². The molecule has 0 spiro atoms. The van der Waals surface area contributed by atoms with Crippen molar-refractivity contribution in [3.8, 4) is 0 Å². The van der Waals surface area contributed by atoms with Crippen molar-refractivity contribution in [2.45, 2.75) is 57.5 Å². The summed E-state index contributed by atoms with van der Waals surface area (Å²) >= 11 is 0. The molecule has 0 amide bonds. The van der Waals surface area contributed by atoms with Gasteiger partial charge in [-0.25, -0.2) is 0 Å². The Labute approximate surface area is 118 Å². The molecule has 1 heterocycles. The second kappa shape index (κ2) is 5.64. The van der Waals surface area contributed by atoms with Crippen molar-refractivity contribution in [3.63, 3.8) is 0 Å². The van der Waals surface area contributed by atoms with Gasteiger partial charge in [-0.1, -0.05) is 51.5 Å². The molecule has 2 nitrogen and oxygen atoms in total. The third-order valence-electron chi connectivity index (χ3n) is 4.30. The first kappa shape index (κ1) is 14.5. The van der Waals surface area contributed by atoms with Gasteiger partial charge in [-0.3, -0.25) is 4.90 Å². The Hall–Kier alpha value is -0.860. The highest BCUT2D eigenvalue weighted by Gasteiger charge is 2.26. The minimum Gasteiger partial charge on any atom is -0.326 e. The van der Waals surface area contributed by atoms with Crippen LogP contribution in [0.5, 0.6) is 0 Å². The Morgan fingerprint density at radius 2 is 1.74 bits per heavy atom. The first-order chi connectivity index (χ1) is 8.89. The zero-order valence-electron chi connectivity index (χ0n) is 12.8. The van der Waals surface area contributed by atoms with E-state index in [4.69, 9.17) is 5.73 Å². The van der Waals surface area contributed by atoms with Crippen LogP contribution < -0.4 is 5.73 Å². The molecule has 1 fully saturated rings. The number of benzene rings is 1. The highest BCUT2D eigenvalue weighted by atomic mass is 15.1. The van der Waals surface area contributed by atoms with E-state index in [0.29, 0.717) is 6.04 Å². The molecular weight excluding hydrogens is 232 g/mol. The Morgan fingerprint density at radius 3 is 2.32 bits per heavy atom. The molecular formula is C17H28N2. The number of nitrogens with zero attached hydrogens (tertiary/aromatic N) is 1. The van der Waals surface area contributed by atoms with Crippen LogP contribution in [0.2, 0.25) is 0 Å². The van der Waals surface area contributed by atoms with Gasteiger partial charge in [-0.05, 0) is 43.0 Å². The Kier molecular flexibility index (Phi) is 4.32. The molecule has 1 saturated heterocycles. The third-order valence-corrected chi connectivity index (χ3v) is 4.30. The number of likely N-dealkylation sites (N-methyl/N-ethyl adjacent to an activating group) is 1. The van der Waals surface area contributed by atoms with Gasteiger partial charge in [0.2, 0.25) is 0 Å². The topological polar surface area (TPSA) is 29.3 Å². The summed E-state index contributed by atoms with van der Waals surface area (Å²) in [5.41, 5.74) is 9.36. The summed E-state index contributed by atoms with van der Waals surface area (Å²) in [4.78, 5) is 2.42. The smallest absolute Gasteiger partial charge is 0.0496 e. The van der Waals surface area contributed by atoms with Gasteiger partial charge in [0, 0.05) is 12.1 Å². The van der Waals surface area contributed by atoms with Crippen LogP contribution >= 0.6 is 0 Å². The van der Waals surface area contributed by atoms with Crippen LogP contribution in [-0.2, 0) is 5.41 Å². The van der Waals surface area contributed by atoms with Gasteiger partial charge in [-0.2, -0.15) is 0 Å². The summed E-state index contributed by atoms with van der Waals surface area (Å²) in [6.45, 7) is 7.92. The second-order valence-corrected chi connectivity index (χ2v) is 6.96. The summed E-state index contributed by atoms with van der Waals surface area (Å²) in [5.74, 6) is 0. The third kappa shape index (κ3) is 3.37. The average molecular weight is 260 g/mol. The van der Waals surface area contributed by atoms with Gasteiger partial charge >= 0.3 is 0 Å². The van der Waals surface area contributed by atoms with Crippen LogP contribution in [0.1, 0.15) is 57.2 Å². The SMILES string of the molecule is CN1CCCCC(N)C1c1ccc(C(C)(C)C)cc1. The lowest BCUT2D eigenvalue weighted by molar-refractivity contribution is 0.230. The number of likely N-dealkylation sites (tertiary alicyclic amines) is 1. The minimum atomic E-state index is 0.218. The standard InChI is InChI=1S/C17H28N2/c1-17(2,3)14-10-8-13(9-11-14)16-15(18)7-5-6-12-19(16)4/h8-11,15-16H,5-7,12,18H2,1-4H3. The summed E-state index contributed by atoms with van der Waals surface area (Å²) in [6, 6.07) is 9.70. The fourth-order valence-electron chi connectivity index (χ4n) is 3.05. The average Bonchev–Trinajstić information content (AvgIpc) is 2.50. The normalized spacial score (nSPS) is 26.2. The Bertz CT molecular complexity index is 390. The van der Waals surface area contributed by atoms with Crippen molar-refractivity contribution in [1.29, 1.82) is 0 Å². The van der Waals surface area contributed by atoms with Gasteiger partial charge in [-0.15, -0.1) is 0 Å². The van der Waals surface area contributed by atoms with Gasteiger partial charge in [0.15, 0.2) is 0 Å². The summed E-state index contributed by atoms with van der Waals surface area (Å²) < 4.78 is 0. The van der Waals surface area contributed by atoms with Gasteiger partial charge in [0.25, 0.3) is 0 Å². The highest BCUT2D eigenvalue weighted by Crippen LogP contribution is 2.30. The molecule has 1 aromatic carbocycles. The largest absolute Gasteiger partial charge is 0.326 e. The van der Waals surface area contributed by atoms with Gasteiger partial charge < -0.3 is 5.73 Å². The molecule has 2 N–H and O–H groups in total. The number of rotatable bonds is 1. The maximum Gasteiger partial charge on any atom is 0.0496 e. The van der Waals surface area contributed by atoms with E-state index in [1.165, 1.54) is 24.0 Å². The lowest BCUT2D eigenvalue weighted by Gasteiger charge is -2.31. The Morgan fingerprint density at radius 1 is 1.11 bits per heavy atom. The molecule has 0 radical (unpaired) electrons. The number of hydrogen-bond donors (Lipinski definition) is 1. The van der Waals surface area contributed by atoms with E-state index < -0.39 is 0 Å². The first-order valence-corrected chi connectivity index (χ1v) is 7.46. The number of nitrogens with two attached hydrogens (primary N) is 1. The van der Waals surface area contributed by atoms with E-state index in [9.17, 15) is 0 Å². The lowest BCUT2D eigenvalue weighted by atomic mass is 9.85. The van der Waals surface area contributed by atoms with E-state index in [2.05, 4.69) is 57.0 Å². The molecule has 2 rings (SSSR count). The monoisotopic (exact) mass is 260 g/mol. The van der Waals surface area contributed by atoms with Crippen LogP contribution in [0.25, 0.3) is 0 Å². The van der Waals surface area contributed by atoms with E-state index in [-0.39, 0.29) is 11.5 Å². The van der Waals surface area contributed by atoms with Gasteiger partial charge in [0.1, 0.15) is 0 Å². The number of hydrogen-bond acceptors (Lipinski definition) is 2. The van der Waals surface area contributed by atoms with Crippen molar-refractivity contribution >= 4 is 0 Å². The van der Waals surface area contributed by atoms with Crippen molar-refractivity contribution in [2.75, 3.05) is 13.6 Å². The molecule has 0 aliphatic carbocycles. The summed E-state index contributed by atoms with van der Waals surface area (Å²) in [7, 11) is 2.20. The first-order valence-electron chi connectivity index (χ1n) is 7.46. The molecule has 1 aliphatic rings. The molecule has 106 valence electrons. The quantitative estimate of drug-likeness (QED) is 0.838. The lowest BCUT2D eigenvalue weighted by Crippen LogP contribution is -2.37. The molecule has 2 heteroatoms. The zero-order chi connectivity index (χ0) is 14.0. The van der Waals surface area contributed by atoms with Crippen molar-refractivity contribution in [3.05, 3.63) is 35.4 Å². The predicted octanol–water partition coefficient (Wildman–Crippen LogP) is 3.47. The molecule has 1 aliphatic heterocycles. The summed E-state index contributed by atoms with van der Waals surface area (Å²) in [5, 5.41) is 0. The molecule has 1 aromatic rings. The van der Waals surface area contributed by atoms with E-state index >= 15 is 0 Å². The van der Waals surface area contributed by atoms with Gasteiger partial charge in [0.05, 0.1) is 0 Å². The van der Waals surface area contributed by atoms with E-state index in [0.717, 1.165) is 13.0 Å². The summed E-state index contributed by atoms with van der Waals surface area (Å²) in [6.07, 6.45) is 3.65. The van der Waals surface area contributed by atoms with E-state index in [1.54, 1.807) is 0 Å². The second-order valence-electron chi connectivity index (χ2n) is 6.96. The van der Waals surface area contributed by atoms with Crippen molar-refractivity contribution in [1.82, 2.24) is 4.90 Å². The maximum absolute atomic E-state index is 6.38. The molecule has 2 unspecified atom stereocenters. The molecule has 0 bridgehead atoms. The Balaban J connectivity index is 2.24. The molecule has 0 aromatic heterocycles. The fourth-order valence-corrected chi connectivity index (χ4v) is 3.05. The predicted molar refractivity (Wildman–Crippen MR) is 82.3 cm³/mol. The fraction of sp³-hybridized carbons (Fsp3) is 0.647. The van der Waals surface area contributed by atoms with Crippen molar-refractivity contribution in [2.24, 2.45) is 5.73 Å². The van der Waals surface area contributed by atoms with Crippen molar-refractivity contribution < 1.29 is 0 Å². The zero-order valence-corrected chi connectivity index (χ0v) is 12.8. The van der Waals surface area contributed by atoms with E-state index in [1.807, 2.05) is 0 Å². The highest BCUT2D eigenvalue weighted by molar-refractivity contribution is 5.30. The molecule has 0 saturated carbocycles. The van der Waals surface area contributed by atoms with Crippen LogP contribution in [0.4, 0.5) is 0 Å². The maximum atomic E-state index is 6.38. The van der Waals surface area contributed by atoms with Crippen LogP contribution in [0.15, 0.2) is 24.3 Å². The molecule has 19 heavy (non-hydrogen) atoms. The van der Waals surface area contributed by atoms with Crippen LogP contribution in [-0.4, -0.2) is 24.5 Å². The minimum absolute atomic E-state index is 0.218. The van der Waals surface area contributed by atoms with Crippen LogP contribution in [0, 0.1) is 0 Å².